The minimum absolute atomic E-state index is 0.390. The van der Waals surface area contributed by atoms with Gasteiger partial charge in [0.25, 0.3) is 0 Å². The van der Waals surface area contributed by atoms with Gasteiger partial charge >= 0.3 is 6.09 Å². The quantitative estimate of drug-likeness (QED) is 0.835. The van der Waals surface area contributed by atoms with Crippen LogP contribution in [0, 0.1) is 0 Å². The van der Waals surface area contributed by atoms with E-state index >= 15 is 0 Å². The molecule has 1 aromatic carbocycles. The number of imidazole rings is 1. The summed E-state index contributed by atoms with van der Waals surface area (Å²) in [7, 11) is 0. The summed E-state index contributed by atoms with van der Waals surface area (Å²) in [6.07, 6.45) is 6.20. The molecule has 3 rings (SSSR count). The summed E-state index contributed by atoms with van der Waals surface area (Å²) in [5.74, 6) is 0. The van der Waals surface area contributed by atoms with E-state index in [1.165, 1.54) is 0 Å². The topological polar surface area (TPSA) is 56.1 Å². The second-order valence-electron chi connectivity index (χ2n) is 7.21. The van der Waals surface area contributed by atoms with Gasteiger partial charge in [0.1, 0.15) is 5.60 Å². The number of rotatable bonds is 3. The van der Waals surface area contributed by atoms with Crippen LogP contribution in [0.4, 0.5) is 4.79 Å². The van der Waals surface area contributed by atoms with Crippen molar-refractivity contribution in [3.05, 3.63) is 47.0 Å². The Balaban J connectivity index is 1.80. The number of nitrogens with one attached hydrogen (secondary N) is 1. The summed E-state index contributed by atoms with van der Waals surface area (Å²) in [6.45, 7) is 5.59. The van der Waals surface area contributed by atoms with Crippen LogP contribution in [-0.2, 0) is 10.3 Å². The third kappa shape index (κ3) is 3.64. The number of carbonyl (C=O) groups is 1. The molecule has 1 fully saturated rings. The normalized spacial score (nSPS) is 16.3. The monoisotopic (exact) mass is 391 g/mol. The van der Waals surface area contributed by atoms with Crippen molar-refractivity contribution in [1.82, 2.24) is 14.9 Å². The molecule has 0 saturated heterocycles. The Labute approximate surface area is 150 Å². The van der Waals surface area contributed by atoms with E-state index in [0.717, 1.165) is 35.1 Å². The summed E-state index contributed by atoms with van der Waals surface area (Å²) in [5, 5.41) is 3.03. The highest BCUT2D eigenvalue weighted by atomic mass is 79.9. The number of hydrogen-bond donors (Lipinski definition) is 1. The predicted octanol–water partition coefficient (Wildman–Crippen LogP) is 4.54. The molecule has 0 spiro atoms. The molecule has 0 aliphatic heterocycles. The molecule has 128 valence electrons. The lowest BCUT2D eigenvalue weighted by atomic mass is 9.74. The average molecular weight is 392 g/mol. The van der Waals surface area contributed by atoms with Crippen LogP contribution >= 0.6 is 15.9 Å². The predicted molar refractivity (Wildman–Crippen MR) is 96.2 cm³/mol. The highest BCUT2D eigenvalue weighted by Gasteiger charge is 2.43. The number of hydrogen-bond acceptors (Lipinski definition) is 3. The van der Waals surface area contributed by atoms with Crippen molar-refractivity contribution in [2.45, 2.75) is 51.2 Å². The Morgan fingerprint density at radius 2 is 2.12 bits per heavy atom. The lowest BCUT2D eigenvalue weighted by molar-refractivity contribution is 0.0372. The molecule has 1 saturated carbocycles. The Kier molecular flexibility index (Phi) is 4.42. The zero-order chi connectivity index (χ0) is 17.4. The second kappa shape index (κ2) is 6.24. The largest absolute Gasteiger partial charge is 0.444 e. The molecular weight excluding hydrogens is 370 g/mol. The van der Waals surface area contributed by atoms with Crippen LogP contribution in [0.5, 0.6) is 0 Å². The molecule has 2 aromatic rings. The SMILES string of the molecule is CC(C)(C)OC(=O)NC1(c2cn(-c3cccc(Br)c3)cn2)CCC1. The maximum Gasteiger partial charge on any atom is 0.408 e. The zero-order valence-electron chi connectivity index (χ0n) is 14.2. The number of ether oxygens (including phenoxy) is 1. The molecular formula is C18H22BrN3O2. The first-order chi connectivity index (χ1) is 11.3. The van der Waals surface area contributed by atoms with Gasteiger partial charge in [-0.2, -0.15) is 0 Å². The van der Waals surface area contributed by atoms with Crippen molar-refractivity contribution in [2.75, 3.05) is 0 Å². The van der Waals surface area contributed by atoms with Gasteiger partial charge in [0.2, 0.25) is 0 Å². The fourth-order valence-electron chi connectivity index (χ4n) is 2.82. The second-order valence-corrected chi connectivity index (χ2v) is 8.12. The first kappa shape index (κ1) is 17.0. The summed E-state index contributed by atoms with van der Waals surface area (Å²) >= 11 is 3.48. The van der Waals surface area contributed by atoms with Gasteiger partial charge in [-0.25, -0.2) is 9.78 Å². The number of halogens is 1. The minimum atomic E-state index is -0.509. The van der Waals surface area contributed by atoms with E-state index in [-0.39, 0.29) is 6.09 Å². The third-order valence-corrected chi connectivity index (χ3v) is 4.62. The van der Waals surface area contributed by atoms with Gasteiger partial charge in [0.05, 0.1) is 17.6 Å². The summed E-state index contributed by atoms with van der Waals surface area (Å²) < 4.78 is 8.39. The molecule has 5 nitrogen and oxygen atoms in total. The Bertz CT molecular complexity index is 745. The molecule has 1 aliphatic carbocycles. The van der Waals surface area contributed by atoms with Crippen LogP contribution in [0.1, 0.15) is 45.7 Å². The Hall–Kier alpha value is -1.82. The van der Waals surface area contributed by atoms with Crippen LogP contribution in [0.15, 0.2) is 41.3 Å². The van der Waals surface area contributed by atoms with Crippen molar-refractivity contribution >= 4 is 22.0 Å². The summed E-state index contributed by atoms with van der Waals surface area (Å²) in [6, 6.07) is 8.02. The van der Waals surface area contributed by atoms with E-state index < -0.39 is 11.1 Å². The van der Waals surface area contributed by atoms with Crippen LogP contribution in [0.25, 0.3) is 5.69 Å². The fraction of sp³-hybridized carbons (Fsp3) is 0.444. The van der Waals surface area contributed by atoms with Crippen molar-refractivity contribution < 1.29 is 9.53 Å². The molecule has 24 heavy (non-hydrogen) atoms. The van der Waals surface area contributed by atoms with Crippen molar-refractivity contribution in [3.63, 3.8) is 0 Å². The number of aromatic nitrogens is 2. The van der Waals surface area contributed by atoms with E-state index in [0.29, 0.717) is 0 Å². The molecule has 0 radical (unpaired) electrons. The zero-order valence-corrected chi connectivity index (χ0v) is 15.8. The van der Waals surface area contributed by atoms with Crippen LogP contribution < -0.4 is 5.32 Å². The third-order valence-electron chi connectivity index (χ3n) is 4.13. The number of benzene rings is 1. The van der Waals surface area contributed by atoms with Gasteiger partial charge in [-0.3, -0.25) is 0 Å². The first-order valence-corrected chi connectivity index (χ1v) is 8.88. The van der Waals surface area contributed by atoms with Gasteiger partial charge in [-0.05, 0) is 58.2 Å². The molecule has 0 atom stereocenters. The van der Waals surface area contributed by atoms with E-state index in [1.54, 1.807) is 6.33 Å². The lowest BCUT2D eigenvalue weighted by Gasteiger charge is -2.41. The summed E-state index contributed by atoms with van der Waals surface area (Å²) in [4.78, 5) is 16.7. The molecule has 6 heteroatoms. The van der Waals surface area contributed by atoms with E-state index in [4.69, 9.17) is 4.74 Å². The lowest BCUT2D eigenvalue weighted by Crippen LogP contribution is -2.52. The van der Waals surface area contributed by atoms with Crippen molar-refractivity contribution in [3.8, 4) is 5.69 Å². The minimum Gasteiger partial charge on any atom is -0.444 e. The maximum absolute atomic E-state index is 12.2. The van der Waals surface area contributed by atoms with E-state index in [1.807, 2.05) is 55.8 Å². The Morgan fingerprint density at radius 3 is 2.71 bits per heavy atom. The fourth-order valence-corrected chi connectivity index (χ4v) is 3.21. The first-order valence-electron chi connectivity index (χ1n) is 8.09. The molecule has 1 aromatic heterocycles. The van der Waals surface area contributed by atoms with Crippen LogP contribution in [0.3, 0.4) is 0 Å². The molecule has 1 amide bonds. The Morgan fingerprint density at radius 1 is 1.38 bits per heavy atom. The maximum atomic E-state index is 12.2. The van der Waals surface area contributed by atoms with Gasteiger partial charge in [-0.1, -0.05) is 22.0 Å². The van der Waals surface area contributed by atoms with E-state index in [9.17, 15) is 4.79 Å². The molecule has 1 N–H and O–H groups in total. The van der Waals surface area contributed by atoms with Crippen molar-refractivity contribution in [2.24, 2.45) is 0 Å². The molecule has 0 unspecified atom stereocenters. The van der Waals surface area contributed by atoms with Crippen LogP contribution in [-0.4, -0.2) is 21.2 Å². The number of alkyl carbamates (subject to hydrolysis) is 1. The number of nitrogens with zero attached hydrogens (tertiary/aromatic N) is 2. The van der Waals surface area contributed by atoms with Crippen molar-refractivity contribution in [1.29, 1.82) is 0 Å². The number of carbonyl (C=O) groups excluding carboxylic acids is 1. The molecule has 1 aliphatic rings. The van der Waals surface area contributed by atoms with E-state index in [2.05, 4.69) is 26.2 Å². The van der Waals surface area contributed by atoms with Gasteiger partial charge in [-0.15, -0.1) is 0 Å². The van der Waals surface area contributed by atoms with Gasteiger partial charge in [0, 0.05) is 16.4 Å². The molecule has 1 heterocycles. The summed E-state index contributed by atoms with van der Waals surface area (Å²) in [5.41, 5.74) is 0.971. The standard InChI is InChI=1S/C18H22BrN3O2/c1-17(2,3)24-16(23)21-18(8-5-9-18)15-11-22(12-20-15)14-7-4-6-13(19)10-14/h4,6-7,10-12H,5,8-9H2,1-3H3,(H,21,23). The van der Waals surface area contributed by atoms with Crippen LogP contribution in [0.2, 0.25) is 0 Å². The number of amides is 1. The molecule has 0 bridgehead atoms. The van der Waals surface area contributed by atoms with Gasteiger partial charge in [0.15, 0.2) is 0 Å². The highest BCUT2D eigenvalue weighted by Crippen LogP contribution is 2.40. The highest BCUT2D eigenvalue weighted by molar-refractivity contribution is 9.10. The van der Waals surface area contributed by atoms with Gasteiger partial charge < -0.3 is 14.6 Å². The average Bonchev–Trinajstić information content (AvgIpc) is 2.91. The smallest absolute Gasteiger partial charge is 0.408 e.